The van der Waals surface area contributed by atoms with E-state index in [2.05, 4.69) is 5.10 Å². The van der Waals surface area contributed by atoms with Crippen molar-refractivity contribution in [1.29, 1.82) is 5.26 Å². The van der Waals surface area contributed by atoms with Crippen LogP contribution < -0.4 is 5.01 Å². The molecule has 0 saturated carbocycles. The second-order valence-electron chi connectivity index (χ2n) is 6.52. The van der Waals surface area contributed by atoms with E-state index < -0.39 is 71.4 Å². The Balaban J connectivity index is 0.00000145. The molecule has 1 aliphatic rings. The number of aliphatic hydroxyl groups excluding tert-OH is 1. The van der Waals surface area contributed by atoms with Gasteiger partial charge in [0.05, 0.1) is 5.71 Å². The summed E-state index contributed by atoms with van der Waals surface area (Å²) in [5.41, 5.74) is -2.93. The molecule has 6 nitrogen and oxygen atoms in total. The van der Waals surface area contributed by atoms with E-state index in [1.54, 1.807) is 6.07 Å². The van der Waals surface area contributed by atoms with Gasteiger partial charge in [-0.2, -0.15) is 15.4 Å². The lowest BCUT2D eigenvalue weighted by Crippen LogP contribution is -2.39. The van der Waals surface area contributed by atoms with Gasteiger partial charge in [0.25, 0.3) is 6.43 Å². The van der Waals surface area contributed by atoms with Crippen molar-refractivity contribution in [3.63, 3.8) is 0 Å². The van der Waals surface area contributed by atoms with Crippen LogP contribution in [0.4, 0.5) is 32.0 Å². The Hall–Kier alpha value is -3.72. The number of hydrazone groups is 1. The normalized spacial score (nSPS) is 14.8. The van der Waals surface area contributed by atoms with E-state index in [-0.39, 0.29) is 16.3 Å². The van der Waals surface area contributed by atoms with Crippen LogP contribution >= 0.6 is 0 Å². The number of carbonyl (C=O) groups excluding carboxylic acids is 2. The van der Waals surface area contributed by atoms with Crippen LogP contribution in [-0.4, -0.2) is 36.0 Å². The first-order valence-electron chi connectivity index (χ1n) is 10.2. The number of aliphatic hydroxyl groups is 1. The molecule has 1 amide bonds. The molecule has 1 N–H and O–H groups in total. The zero-order valence-electron chi connectivity index (χ0n) is 18.8. The Morgan fingerprint density at radius 2 is 1.60 bits per heavy atom. The maximum Gasteiger partial charge on any atom is 0.296 e. The minimum Gasteiger partial charge on any atom is -0.400 e. The van der Waals surface area contributed by atoms with Crippen LogP contribution in [0.5, 0.6) is 0 Å². The van der Waals surface area contributed by atoms with Gasteiger partial charge in [-0.15, -0.1) is 0 Å². The van der Waals surface area contributed by atoms with Gasteiger partial charge in [0.2, 0.25) is 5.91 Å². The maximum absolute atomic E-state index is 14.4. The Kier molecular flexibility index (Phi) is 11.1. The van der Waals surface area contributed by atoms with Crippen molar-refractivity contribution in [3.05, 3.63) is 64.7 Å². The van der Waals surface area contributed by atoms with Gasteiger partial charge in [0.1, 0.15) is 17.3 Å². The van der Waals surface area contributed by atoms with Crippen LogP contribution in [0.25, 0.3) is 0 Å². The molecule has 1 aliphatic heterocycles. The Labute approximate surface area is 197 Å². The highest BCUT2D eigenvalue weighted by Gasteiger charge is 2.38. The van der Waals surface area contributed by atoms with Crippen LogP contribution in [0.15, 0.2) is 35.4 Å². The summed E-state index contributed by atoms with van der Waals surface area (Å²) < 4.78 is 82.4. The van der Waals surface area contributed by atoms with Gasteiger partial charge < -0.3 is 5.11 Å². The third kappa shape index (κ3) is 6.24. The molecule has 0 bridgehead atoms. The van der Waals surface area contributed by atoms with Gasteiger partial charge in [-0.1, -0.05) is 44.2 Å². The lowest BCUT2D eigenvalue weighted by Gasteiger charge is -2.29. The highest BCUT2D eigenvalue weighted by molar-refractivity contribution is 6.11. The third-order valence-corrected chi connectivity index (χ3v) is 4.58. The van der Waals surface area contributed by atoms with E-state index in [1.807, 2.05) is 13.8 Å². The number of alkyl halides is 2. The van der Waals surface area contributed by atoms with Gasteiger partial charge in [-0.05, 0) is 5.56 Å². The molecule has 3 rings (SSSR count). The van der Waals surface area contributed by atoms with Crippen molar-refractivity contribution in [2.24, 2.45) is 11.0 Å². The Bertz CT molecular complexity index is 1100. The van der Waals surface area contributed by atoms with Crippen LogP contribution in [0, 0.1) is 40.5 Å². The Morgan fingerprint density at radius 3 is 2.06 bits per heavy atom. The molecule has 0 radical (unpaired) electrons. The predicted octanol–water partition coefficient (Wildman–Crippen LogP) is 4.73. The second kappa shape index (κ2) is 13.2. The standard InChI is InChI=1S/C20H11F6N3O2.C2H6.CH4O/c21-14-11(8-27)15(22)17(24)19(16(14)23)29-13(31)7-10(6-12(30)20(25)26)18(28-29)9-4-2-1-3-5-9;2*1-2/h1-5,10,20H,6-7H2;1-2H3;2H,1H3. The highest BCUT2D eigenvalue weighted by atomic mass is 19.3. The molecule has 0 aromatic heterocycles. The zero-order chi connectivity index (χ0) is 26.9. The number of hydrogen-bond donors (Lipinski definition) is 1. The molecular weight excluding hydrogens is 480 g/mol. The summed E-state index contributed by atoms with van der Waals surface area (Å²) in [6.07, 6.45) is -4.78. The molecule has 1 heterocycles. The van der Waals surface area contributed by atoms with Crippen LogP contribution in [0.1, 0.15) is 37.8 Å². The summed E-state index contributed by atoms with van der Waals surface area (Å²) in [4.78, 5) is 24.0. The average Bonchev–Trinajstić information content (AvgIpc) is 2.87. The van der Waals surface area contributed by atoms with E-state index >= 15 is 0 Å². The molecule has 1 unspecified atom stereocenters. The first-order valence-corrected chi connectivity index (χ1v) is 10.2. The largest absolute Gasteiger partial charge is 0.400 e. The monoisotopic (exact) mass is 501 g/mol. The Morgan fingerprint density at radius 1 is 1.09 bits per heavy atom. The number of rotatable bonds is 5. The van der Waals surface area contributed by atoms with Gasteiger partial charge in [-0.25, -0.2) is 26.3 Å². The van der Waals surface area contributed by atoms with E-state index in [9.17, 15) is 35.9 Å². The van der Waals surface area contributed by atoms with Crippen molar-refractivity contribution in [3.8, 4) is 6.07 Å². The van der Waals surface area contributed by atoms with Crippen LogP contribution in [0.2, 0.25) is 0 Å². The quantitative estimate of drug-likeness (QED) is 0.474. The summed E-state index contributed by atoms with van der Waals surface area (Å²) in [5.74, 6) is -11.9. The summed E-state index contributed by atoms with van der Waals surface area (Å²) in [6.45, 7) is 4.00. The summed E-state index contributed by atoms with van der Waals surface area (Å²) in [5, 5.41) is 19.5. The SMILES string of the molecule is CC.CO.N#Cc1c(F)c(F)c(N2N=C(c3ccccc3)C(CC(=O)C(F)F)CC2=O)c(F)c1F. The van der Waals surface area contributed by atoms with Crippen molar-refractivity contribution in [2.45, 2.75) is 33.1 Å². The number of amides is 1. The van der Waals surface area contributed by atoms with E-state index in [1.165, 1.54) is 24.3 Å². The molecule has 188 valence electrons. The first kappa shape index (κ1) is 29.3. The van der Waals surface area contributed by atoms with Crippen molar-refractivity contribution >= 4 is 23.1 Å². The number of hydrogen-bond acceptors (Lipinski definition) is 5. The van der Waals surface area contributed by atoms with Gasteiger partial charge >= 0.3 is 0 Å². The van der Waals surface area contributed by atoms with Gasteiger partial charge in [0, 0.05) is 25.9 Å². The lowest BCUT2D eigenvalue weighted by molar-refractivity contribution is -0.130. The number of benzene rings is 2. The number of Topliss-reactive ketones (excluding diaryl/α,β-unsaturated/α-hetero) is 1. The molecule has 0 spiro atoms. The number of carbonyl (C=O) groups is 2. The number of halogens is 6. The summed E-state index contributed by atoms with van der Waals surface area (Å²) >= 11 is 0. The van der Waals surface area contributed by atoms with Crippen molar-refractivity contribution < 1.29 is 41.0 Å². The second-order valence-corrected chi connectivity index (χ2v) is 6.52. The molecule has 1 atom stereocenters. The van der Waals surface area contributed by atoms with E-state index in [4.69, 9.17) is 10.4 Å². The fourth-order valence-corrected chi connectivity index (χ4v) is 3.12. The van der Waals surface area contributed by atoms with Crippen LogP contribution in [-0.2, 0) is 9.59 Å². The molecule has 0 fully saturated rings. The van der Waals surface area contributed by atoms with E-state index in [0.29, 0.717) is 0 Å². The number of nitriles is 1. The van der Waals surface area contributed by atoms with Crippen molar-refractivity contribution in [1.82, 2.24) is 0 Å². The topological polar surface area (TPSA) is 93.8 Å². The first-order chi connectivity index (χ1) is 16.7. The summed E-state index contributed by atoms with van der Waals surface area (Å²) in [6, 6.07) is 8.51. The lowest BCUT2D eigenvalue weighted by atomic mass is 9.87. The minimum absolute atomic E-state index is 0.0731. The molecule has 2 aromatic carbocycles. The smallest absolute Gasteiger partial charge is 0.296 e. The molecule has 12 heteroatoms. The third-order valence-electron chi connectivity index (χ3n) is 4.58. The van der Waals surface area contributed by atoms with Crippen molar-refractivity contribution in [2.75, 3.05) is 12.1 Å². The maximum atomic E-state index is 14.4. The fourth-order valence-electron chi connectivity index (χ4n) is 3.12. The average molecular weight is 501 g/mol. The predicted molar refractivity (Wildman–Crippen MR) is 115 cm³/mol. The molecular formula is C23H21F6N3O3. The molecule has 35 heavy (non-hydrogen) atoms. The van der Waals surface area contributed by atoms with Crippen LogP contribution in [0.3, 0.4) is 0 Å². The molecule has 2 aromatic rings. The molecule has 0 aliphatic carbocycles. The number of nitrogens with zero attached hydrogens (tertiary/aromatic N) is 3. The van der Waals surface area contributed by atoms with Gasteiger partial charge in [0.15, 0.2) is 29.1 Å². The minimum atomic E-state index is -3.30. The van der Waals surface area contributed by atoms with E-state index in [0.717, 1.165) is 13.2 Å². The molecule has 0 saturated heterocycles. The van der Waals surface area contributed by atoms with Gasteiger partial charge in [-0.3, -0.25) is 9.59 Å². The highest BCUT2D eigenvalue weighted by Crippen LogP contribution is 2.35. The number of anilines is 1. The fraction of sp³-hybridized carbons (Fsp3) is 0.304. The zero-order valence-corrected chi connectivity index (χ0v) is 18.8. The number of ketones is 1. The summed E-state index contributed by atoms with van der Waals surface area (Å²) in [7, 11) is 1.00.